The van der Waals surface area contributed by atoms with E-state index in [9.17, 15) is 0 Å². The fraction of sp³-hybridized carbons (Fsp3) is 1.00. The highest BCUT2D eigenvalue weighted by Crippen LogP contribution is 2.23. The van der Waals surface area contributed by atoms with E-state index in [1.165, 1.54) is 6.42 Å². The van der Waals surface area contributed by atoms with Crippen molar-refractivity contribution < 1.29 is 9.47 Å². The lowest BCUT2D eigenvalue weighted by molar-refractivity contribution is 0.0198. The molecule has 0 aliphatic carbocycles. The molecule has 1 saturated heterocycles. The normalized spacial score (nSPS) is 28.2. The standard InChI is InChI=1S/C11H24N2O2/c1-11(5-3-7-15-11)9-13-6-4-10(8-12)14-2/h10,13H,3-9,12H2,1-2H3. The van der Waals surface area contributed by atoms with E-state index in [1.54, 1.807) is 7.11 Å². The molecule has 4 nitrogen and oxygen atoms in total. The maximum Gasteiger partial charge on any atom is 0.0779 e. The molecule has 4 heteroatoms. The number of rotatable bonds is 7. The zero-order valence-electron chi connectivity index (χ0n) is 9.92. The molecule has 15 heavy (non-hydrogen) atoms. The van der Waals surface area contributed by atoms with E-state index < -0.39 is 0 Å². The summed E-state index contributed by atoms with van der Waals surface area (Å²) in [5.41, 5.74) is 5.58. The summed E-state index contributed by atoms with van der Waals surface area (Å²) < 4.78 is 10.9. The molecule has 1 aliphatic heterocycles. The van der Waals surface area contributed by atoms with Gasteiger partial charge in [-0.05, 0) is 32.7 Å². The second kappa shape index (κ2) is 6.43. The molecule has 0 saturated carbocycles. The van der Waals surface area contributed by atoms with Crippen molar-refractivity contribution in [1.29, 1.82) is 0 Å². The molecular formula is C11H24N2O2. The zero-order valence-corrected chi connectivity index (χ0v) is 9.92. The van der Waals surface area contributed by atoms with E-state index >= 15 is 0 Å². The number of nitrogens with one attached hydrogen (secondary N) is 1. The molecule has 0 radical (unpaired) electrons. The van der Waals surface area contributed by atoms with Gasteiger partial charge in [-0.2, -0.15) is 0 Å². The van der Waals surface area contributed by atoms with Gasteiger partial charge in [-0.1, -0.05) is 0 Å². The molecule has 0 aromatic rings. The van der Waals surface area contributed by atoms with Crippen molar-refractivity contribution in [2.45, 2.75) is 37.9 Å². The van der Waals surface area contributed by atoms with Crippen molar-refractivity contribution in [3.05, 3.63) is 0 Å². The van der Waals surface area contributed by atoms with Crippen molar-refractivity contribution in [3.8, 4) is 0 Å². The molecule has 1 aliphatic rings. The van der Waals surface area contributed by atoms with Crippen LogP contribution in [0.4, 0.5) is 0 Å². The summed E-state index contributed by atoms with van der Waals surface area (Å²) in [6.45, 7) is 5.53. The average molecular weight is 216 g/mol. The van der Waals surface area contributed by atoms with Gasteiger partial charge in [0.05, 0.1) is 11.7 Å². The Kier molecular flexibility index (Phi) is 5.53. The van der Waals surface area contributed by atoms with Crippen LogP contribution in [-0.4, -0.2) is 45.1 Å². The van der Waals surface area contributed by atoms with Crippen LogP contribution in [-0.2, 0) is 9.47 Å². The fourth-order valence-corrected chi connectivity index (χ4v) is 1.92. The maximum absolute atomic E-state index is 5.68. The molecule has 0 amide bonds. The van der Waals surface area contributed by atoms with Crippen LogP contribution in [0.1, 0.15) is 26.2 Å². The van der Waals surface area contributed by atoms with Gasteiger partial charge in [-0.3, -0.25) is 0 Å². The lowest BCUT2D eigenvalue weighted by Gasteiger charge is -2.24. The fourth-order valence-electron chi connectivity index (χ4n) is 1.92. The topological polar surface area (TPSA) is 56.5 Å². The number of nitrogens with two attached hydrogens (primary N) is 1. The minimum Gasteiger partial charge on any atom is -0.380 e. The third-order valence-electron chi connectivity index (χ3n) is 3.04. The highest BCUT2D eigenvalue weighted by Gasteiger charge is 2.28. The highest BCUT2D eigenvalue weighted by molar-refractivity contribution is 4.82. The SMILES string of the molecule is COC(CN)CCNCC1(C)CCCO1. The second-order valence-corrected chi connectivity index (χ2v) is 4.46. The summed E-state index contributed by atoms with van der Waals surface area (Å²) in [5, 5.41) is 3.41. The van der Waals surface area contributed by atoms with Gasteiger partial charge in [0, 0.05) is 26.8 Å². The molecule has 2 atom stereocenters. The molecule has 0 aromatic carbocycles. The Morgan fingerprint density at radius 3 is 2.93 bits per heavy atom. The first-order chi connectivity index (χ1) is 7.20. The molecule has 1 rings (SSSR count). The largest absolute Gasteiger partial charge is 0.380 e. The van der Waals surface area contributed by atoms with Gasteiger partial charge in [0.15, 0.2) is 0 Å². The molecule has 1 heterocycles. The monoisotopic (exact) mass is 216 g/mol. The van der Waals surface area contributed by atoms with Crippen LogP contribution >= 0.6 is 0 Å². The Bertz CT molecular complexity index is 166. The van der Waals surface area contributed by atoms with E-state index in [-0.39, 0.29) is 11.7 Å². The average Bonchev–Trinajstić information content (AvgIpc) is 2.66. The Hall–Kier alpha value is -0.160. The van der Waals surface area contributed by atoms with Crippen molar-refractivity contribution in [2.75, 3.05) is 33.4 Å². The summed E-state index contributed by atoms with van der Waals surface area (Å²) in [4.78, 5) is 0. The van der Waals surface area contributed by atoms with Crippen LogP contribution in [0.5, 0.6) is 0 Å². The minimum absolute atomic E-state index is 0.0469. The van der Waals surface area contributed by atoms with Crippen molar-refractivity contribution in [1.82, 2.24) is 5.32 Å². The summed E-state index contributed by atoms with van der Waals surface area (Å²) in [5.74, 6) is 0. The Labute approximate surface area is 92.5 Å². The van der Waals surface area contributed by atoms with Gasteiger partial charge in [0.2, 0.25) is 0 Å². The van der Waals surface area contributed by atoms with Gasteiger partial charge >= 0.3 is 0 Å². The van der Waals surface area contributed by atoms with E-state index in [2.05, 4.69) is 12.2 Å². The lowest BCUT2D eigenvalue weighted by Crippen LogP contribution is -2.38. The molecule has 0 aromatic heterocycles. The maximum atomic E-state index is 5.68. The first-order valence-electron chi connectivity index (χ1n) is 5.78. The second-order valence-electron chi connectivity index (χ2n) is 4.46. The van der Waals surface area contributed by atoms with Crippen LogP contribution in [0, 0.1) is 0 Å². The molecule has 0 bridgehead atoms. The quantitative estimate of drug-likeness (QED) is 0.609. The first-order valence-corrected chi connectivity index (χ1v) is 5.78. The van der Waals surface area contributed by atoms with Gasteiger partial charge in [0.25, 0.3) is 0 Å². The predicted octanol–water partition coefficient (Wildman–Crippen LogP) is 0.509. The van der Waals surface area contributed by atoms with Crippen LogP contribution in [0.25, 0.3) is 0 Å². The smallest absolute Gasteiger partial charge is 0.0779 e. The van der Waals surface area contributed by atoms with Gasteiger partial charge in [0.1, 0.15) is 0 Å². The molecular weight excluding hydrogens is 192 g/mol. The van der Waals surface area contributed by atoms with E-state index in [1.807, 2.05) is 0 Å². The first kappa shape index (κ1) is 12.9. The zero-order chi connectivity index (χ0) is 11.1. The summed E-state index contributed by atoms with van der Waals surface area (Å²) >= 11 is 0. The third-order valence-corrected chi connectivity index (χ3v) is 3.04. The highest BCUT2D eigenvalue weighted by atomic mass is 16.5. The van der Waals surface area contributed by atoms with Crippen LogP contribution < -0.4 is 11.1 Å². The van der Waals surface area contributed by atoms with E-state index in [0.717, 1.165) is 32.5 Å². The van der Waals surface area contributed by atoms with Gasteiger partial charge in [-0.25, -0.2) is 0 Å². The summed E-state index contributed by atoms with van der Waals surface area (Å²) in [7, 11) is 1.71. The summed E-state index contributed by atoms with van der Waals surface area (Å²) in [6.07, 6.45) is 3.48. The number of hydrogen-bond acceptors (Lipinski definition) is 4. The van der Waals surface area contributed by atoms with Crippen LogP contribution in [0.15, 0.2) is 0 Å². The molecule has 90 valence electrons. The molecule has 3 N–H and O–H groups in total. The number of ether oxygens (including phenoxy) is 2. The third kappa shape index (κ3) is 4.47. The van der Waals surface area contributed by atoms with Crippen molar-refractivity contribution >= 4 is 0 Å². The van der Waals surface area contributed by atoms with Gasteiger partial charge in [-0.15, -0.1) is 0 Å². The van der Waals surface area contributed by atoms with Gasteiger partial charge < -0.3 is 20.5 Å². The number of methoxy groups -OCH3 is 1. The minimum atomic E-state index is 0.0469. The van der Waals surface area contributed by atoms with Crippen molar-refractivity contribution in [2.24, 2.45) is 5.73 Å². The van der Waals surface area contributed by atoms with Crippen molar-refractivity contribution in [3.63, 3.8) is 0 Å². The molecule has 2 unspecified atom stereocenters. The number of hydrogen-bond donors (Lipinski definition) is 2. The van der Waals surface area contributed by atoms with Crippen LogP contribution in [0.2, 0.25) is 0 Å². The van der Waals surface area contributed by atoms with Crippen LogP contribution in [0.3, 0.4) is 0 Å². The van der Waals surface area contributed by atoms with E-state index in [0.29, 0.717) is 6.54 Å². The Morgan fingerprint density at radius 2 is 2.40 bits per heavy atom. The van der Waals surface area contributed by atoms with E-state index in [4.69, 9.17) is 15.2 Å². The Balaban J connectivity index is 2.05. The summed E-state index contributed by atoms with van der Waals surface area (Å²) in [6, 6.07) is 0. The molecule has 1 fully saturated rings. The lowest BCUT2D eigenvalue weighted by atomic mass is 10.0. The predicted molar refractivity (Wildman–Crippen MR) is 60.9 cm³/mol. The Morgan fingerprint density at radius 1 is 1.60 bits per heavy atom. The molecule has 0 spiro atoms.